The number of amidine groups is 1. The predicted molar refractivity (Wildman–Crippen MR) is 127 cm³/mol. The van der Waals surface area contributed by atoms with Gasteiger partial charge in [-0.25, -0.2) is 0 Å². The molecule has 0 bridgehead atoms. The zero-order valence-corrected chi connectivity index (χ0v) is 19.2. The number of hydrogen-bond acceptors (Lipinski definition) is 5. The summed E-state index contributed by atoms with van der Waals surface area (Å²) in [5, 5.41) is 7.52. The van der Waals surface area contributed by atoms with E-state index in [9.17, 15) is 4.79 Å². The molecule has 2 aromatic rings. The summed E-state index contributed by atoms with van der Waals surface area (Å²) < 4.78 is 5.51. The molecule has 2 aromatic carbocycles. The van der Waals surface area contributed by atoms with Gasteiger partial charge >= 0.3 is 5.97 Å². The number of nitrogens with two attached hydrogens (primary N) is 1. The minimum absolute atomic E-state index is 0.0796. The molecule has 1 aliphatic rings. The molecule has 166 valence electrons. The van der Waals surface area contributed by atoms with Crippen LogP contribution in [-0.2, 0) is 9.53 Å². The first-order chi connectivity index (χ1) is 14.5. The van der Waals surface area contributed by atoms with Gasteiger partial charge in [0.2, 0.25) is 0 Å². The molecule has 3 rings (SSSR count). The van der Waals surface area contributed by atoms with Gasteiger partial charge in [-0.15, -0.1) is 0 Å². The first-order valence-corrected chi connectivity index (χ1v) is 10.8. The monoisotopic (exact) mass is 422 g/mol. The van der Waals surface area contributed by atoms with E-state index in [2.05, 4.69) is 47.9 Å². The number of nitrogens with zero attached hydrogens (tertiary/aromatic N) is 2. The van der Waals surface area contributed by atoms with Crippen molar-refractivity contribution in [2.75, 3.05) is 24.5 Å². The Bertz CT molecular complexity index is 904. The Morgan fingerprint density at radius 3 is 1.94 bits per heavy atom. The van der Waals surface area contributed by atoms with Crippen molar-refractivity contribution in [3.8, 4) is 11.1 Å². The maximum atomic E-state index is 12.3. The number of piperazine rings is 1. The Balaban J connectivity index is 1.65. The van der Waals surface area contributed by atoms with Crippen LogP contribution in [0.25, 0.3) is 11.1 Å². The third-order valence-electron chi connectivity index (χ3n) is 5.59. The maximum absolute atomic E-state index is 12.3. The van der Waals surface area contributed by atoms with Crippen LogP contribution in [0.2, 0.25) is 0 Å². The normalized spacial score (nSPS) is 19.8. The Morgan fingerprint density at radius 1 is 1.00 bits per heavy atom. The summed E-state index contributed by atoms with van der Waals surface area (Å²) in [6.07, 6.45) is 0. The number of nitrogen functional groups attached to an aromatic ring is 1. The minimum atomic E-state index is -0.459. The lowest BCUT2D eigenvalue weighted by Gasteiger charge is -2.45. The van der Waals surface area contributed by atoms with E-state index < -0.39 is 5.60 Å². The van der Waals surface area contributed by atoms with Crippen LogP contribution in [-0.4, -0.2) is 54.0 Å². The summed E-state index contributed by atoms with van der Waals surface area (Å²) in [6, 6.07) is 16.8. The van der Waals surface area contributed by atoms with E-state index in [4.69, 9.17) is 15.9 Å². The van der Waals surface area contributed by atoms with E-state index in [1.54, 1.807) is 0 Å². The first-order valence-electron chi connectivity index (χ1n) is 10.8. The highest BCUT2D eigenvalue weighted by Gasteiger charge is 2.32. The van der Waals surface area contributed by atoms with E-state index in [1.165, 1.54) is 5.69 Å². The smallest absolute Gasteiger partial charge is 0.320 e. The van der Waals surface area contributed by atoms with Crippen molar-refractivity contribution < 1.29 is 9.53 Å². The molecule has 6 heteroatoms. The van der Waals surface area contributed by atoms with Crippen molar-refractivity contribution in [1.82, 2.24) is 4.90 Å². The van der Waals surface area contributed by atoms with Crippen LogP contribution in [0.4, 0.5) is 5.69 Å². The van der Waals surface area contributed by atoms with E-state index in [0.717, 1.165) is 29.8 Å². The van der Waals surface area contributed by atoms with Gasteiger partial charge in [0.05, 0.1) is 6.54 Å². The Kier molecular flexibility index (Phi) is 6.70. The summed E-state index contributed by atoms with van der Waals surface area (Å²) >= 11 is 0. The van der Waals surface area contributed by atoms with Crippen molar-refractivity contribution >= 4 is 17.5 Å². The molecule has 0 saturated carbocycles. The number of ether oxygens (including phenoxy) is 1. The standard InChI is InChI=1S/C25H34N4O2/c1-17-14-28(15-18(2)29(17)16-23(30)31-25(3,4)5)22-12-10-20(11-13-22)19-6-8-21(9-7-19)24(26)27/h6-13,17-18H,14-16H2,1-5H3,(H3,26,27)/t17-,18+. The molecule has 0 spiro atoms. The van der Waals surface area contributed by atoms with Crippen molar-refractivity contribution in [2.24, 2.45) is 5.73 Å². The number of rotatable bonds is 5. The van der Waals surface area contributed by atoms with E-state index in [1.807, 2.05) is 45.0 Å². The molecule has 3 N–H and O–H groups in total. The summed E-state index contributed by atoms with van der Waals surface area (Å²) in [4.78, 5) is 16.9. The molecular formula is C25H34N4O2. The van der Waals surface area contributed by atoms with E-state index >= 15 is 0 Å². The Labute approximate surface area is 185 Å². The Morgan fingerprint density at radius 2 is 1.48 bits per heavy atom. The number of nitrogens with one attached hydrogen (secondary N) is 1. The molecule has 0 unspecified atom stereocenters. The van der Waals surface area contributed by atoms with Crippen LogP contribution in [0, 0.1) is 5.41 Å². The van der Waals surface area contributed by atoms with Crippen LogP contribution in [0.5, 0.6) is 0 Å². The van der Waals surface area contributed by atoms with Gasteiger partial charge in [-0.05, 0) is 57.9 Å². The number of benzene rings is 2. The molecule has 0 amide bonds. The predicted octanol–water partition coefficient (Wildman–Crippen LogP) is 3.88. The van der Waals surface area contributed by atoms with Crippen LogP contribution >= 0.6 is 0 Å². The highest BCUT2D eigenvalue weighted by molar-refractivity contribution is 5.95. The van der Waals surface area contributed by atoms with Crippen molar-refractivity contribution in [1.29, 1.82) is 5.41 Å². The van der Waals surface area contributed by atoms with Crippen LogP contribution in [0.15, 0.2) is 48.5 Å². The quantitative estimate of drug-likeness (QED) is 0.434. The molecule has 1 fully saturated rings. The van der Waals surface area contributed by atoms with Gasteiger partial charge in [0.25, 0.3) is 0 Å². The lowest BCUT2D eigenvalue weighted by Crippen LogP contribution is -2.58. The fourth-order valence-electron chi connectivity index (χ4n) is 4.11. The number of carbonyl (C=O) groups excluding carboxylic acids is 1. The summed E-state index contributed by atoms with van der Waals surface area (Å²) in [7, 11) is 0. The molecule has 0 aliphatic carbocycles. The largest absolute Gasteiger partial charge is 0.459 e. The van der Waals surface area contributed by atoms with Gasteiger partial charge in [-0.1, -0.05) is 36.4 Å². The SMILES string of the molecule is C[C@@H]1CN(c2ccc(-c3ccc(C(=N)N)cc3)cc2)C[C@H](C)N1CC(=O)OC(C)(C)C. The second kappa shape index (κ2) is 9.10. The second-order valence-corrected chi connectivity index (χ2v) is 9.40. The van der Waals surface area contributed by atoms with E-state index in [-0.39, 0.29) is 23.9 Å². The molecular weight excluding hydrogens is 388 g/mol. The fraction of sp³-hybridized carbons (Fsp3) is 0.440. The zero-order valence-electron chi connectivity index (χ0n) is 19.2. The molecule has 1 aliphatic heterocycles. The van der Waals surface area contributed by atoms with Gasteiger partial charge in [0.15, 0.2) is 0 Å². The highest BCUT2D eigenvalue weighted by Crippen LogP contribution is 2.27. The minimum Gasteiger partial charge on any atom is -0.459 e. The lowest BCUT2D eigenvalue weighted by molar-refractivity contribution is -0.157. The second-order valence-electron chi connectivity index (χ2n) is 9.40. The average Bonchev–Trinajstić information content (AvgIpc) is 2.69. The van der Waals surface area contributed by atoms with Gasteiger partial charge in [-0.2, -0.15) is 0 Å². The fourth-order valence-corrected chi connectivity index (χ4v) is 4.11. The van der Waals surface area contributed by atoms with Crippen LogP contribution in [0.3, 0.4) is 0 Å². The number of anilines is 1. The van der Waals surface area contributed by atoms with Crippen LogP contribution < -0.4 is 10.6 Å². The zero-order chi connectivity index (χ0) is 22.8. The van der Waals surface area contributed by atoms with E-state index in [0.29, 0.717) is 6.54 Å². The maximum Gasteiger partial charge on any atom is 0.320 e. The van der Waals surface area contributed by atoms with Crippen molar-refractivity contribution in [3.63, 3.8) is 0 Å². The molecule has 0 radical (unpaired) electrons. The Hall–Kier alpha value is -2.86. The number of esters is 1. The van der Waals surface area contributed by atoms with Crippen molar-refractivity contribution in [2.45, 2.75) is 52.3 Å². The number of carbonyl (C=O) groups is 1. The molecule has 6 nitrogen and oxygen atoms in total. The molecule has 0 aromatic heterocycles. The van der Waals surface area contributed by atoms with Crippen molar-refractivity contribution in [3.05, 3.63) is 54.1 Å². The summed E-state index contributed by atoms with van der Waals surface area (Å²) in [5.74, 6) is -0.0873. The summed E-state index contributed by atoms with van der Waals surface area (Å²) in [5.41, 5.74) is 9.22. The third-order valence-corrected chi connectivity index (χ3v) is 5.59. The molecule has 2 atom stereocenters. The molecule has 1 heterocycles. The number of hydrogen-bond donors (Lipinski definition) is 2. The molecule has 1 saturated heterocycles. The topological polar surface area (TPSA) is 82.7 Å². The van der Waals surface area contributed by atoms with Gasteiger partial charge in [0, 0.05) is 36.4 Å². The first kappa shape index (κ1) is 22.8. The van der Waals surface area contributed by atoms with Gasteiger partial charge in [0.1, 0.15) is 11.4 Å². The van der Waals surface area contributed by atoms with Crippen LogP contribution in [0.1, 0.15) is 40.2 Å². The third kappa shape index (κ3) is 5.85. The van der Waals surface area contributed by atoms with Gasteiger partial charge < -0.3 is 15.4 Å². The highest BCUT2D eigenvalue weighted by atomic mass is 16.6. The lowest BCUT2D eigenvalue weighted by atomic mass is 10.0. The molecule has 31 heavy (non-hydrogen) atoms. The average molecular weight is 423 g/mol. The van der Waals surface area contributed by atoms with Gasteiger partial charge in [-0.3, -0.25) is 15.1 Å². The summed E-state index contributed by atoms with van der Waals surface area (Å²) in [6.45, 7) is 12.1.